The lowest BCUT2D eigenvalue weighted by Crippen LogP contribution is -2.29. The number of carboxylic acid groups (broad SMARTS) is 1. The molecule has 0 bridgehead atoms. The molecule has 0 unspecified atom stereocenters. The Labute approximate surface area is 71.7 Å². The van der Waals surface area contributed by atoms with Crippen LogP contribution in [-0.2, 0) is 9.59 Å². The van der Waals surface area contributed by atoms with Crippen molar-refractivity contribution in [2.75, 3.05) is 6.54 Å². The first-order valence-electron chi connectivity index (χ1n) is 3.60. The van der Waals surface area contributed by atoms with Gasteiger partial charge in [-0.15, -0.1) is 0 Å². The number of hydrogen-bond donors (Lipinski definition) is 3. The maximum Gasteiger partial charge on any atom is 0.320 e. The summed E-state index contributed by atoms with van der Waals surface area (Å²) in [5.41, 5.74) is 10.4. The van der Waals surface area contributed by atoms with Crippen LogP contribution in [0.25, 0.3) is 0 Å². The highest BCUT2D eigenvalue weighted by molar-refractivity contribution is 5.72. The van der Waals surface area contributed by atoms with Crippen LogP contribution in [0, 0.1) is 0 Å². The van der Waals surface area contributed by atoms with Crippen molar-refractivity contribution in [3.63, 3.8) is 0 Å². The summed E-state index contributed by atoms with van der Waals surface area (Å²) in [5.74, 6) is -0.933. The fourth-order valence-electron chi connectivity index (χ4n) is 0.632. The number of aliphatic carboxylic acids is 1. The Morgan fingerprint density at radius 1 is 1.42 bits per heavy atom. The third kappa shape index (κ3) is 9.06. The number of hydrogen-bond acceptors (Lipinski definition) is 4. The van der Waals surface area contributed by atoms with Crippen LogP contribution in [0.2, 0.25) is 0 Å². The van der Waals surface area contributed by atoms with E-state index in [0.717, 1.165) is 12.8 Å². The molecule has 0 rings (SSSR count). The maximum atomic E-state index is 10.1. The summed E-state index contributed by atoms with van der Waals surface area (Å²) >= 11 is 0. The van der Waals surface area contributed by atoms with Crippen molar-refractivity contribution < 1.29 is 14.7 Å². The molecule has 5 nitrogen and oxygen atoms in total. The number of carbonyl (C=O) groups is 1. The van der Waals surface area contributed by atoms with Gasteiger partial charge in [0.15, 0.2) is 6.79 Å². The lowest BCUT2D eigenvalue weighted by atomic mass is 10.1. The molecule has 0 spiro atoms. The predicted octanol–water partition coefficient (Wildman–Crippen LogP) is -0.747. The molecule has 0 aliphatic heterocycles. The average molecular weight is 175 g/mol. The lowest BCUT2D eigenvalue weighted by Gasteiger charge is -2.03. The van der Waals surface area contributed by atoms with Gasteiger partial charge in [0.2, 0.25) is 0 Å². The van der Waals surface area contributed by atoms with Crippen LogP contribution in [0.15, 0.2) is 0 Å². The van der Waals surface area contributed by atoms with Gasteiger partial charge in [0.1, 0.15) is 6.04 Å². The van der Waals surface area contributed by atoms with Gasteiger partial charge in [0, 0.05) is 0 Å². The van der Waals surface area contributed by atoms with Crippen molar-refractivity contribution in [2.24, 2.45) is 11.5 Å². The summed E-state index contributed by atoms with van der Waals surface area (Å²) in [7, 11) is 0. The van der Waals surface area contributed by atoms with E-state index in [1.54, 1.807) is 0 Å². The molecule has 1 radical (unpaired) electrons. The minimum Gasteiger partial charge on any atom is -0.480 e. The maximum absolute atomic E-state index is 10.1. The second-order valence-corrected chi connectivity index (χ2v) is 2.23. The molecule has 0 saturated carbocycles. The molecule has 1 atom stereocenters. The highest BCUT2D eigenvalue weighted by Gasteiger charge is 2.09. The van der Waals surface area contributed by atoms with E-state index in [1.165, 1.54) is 0 Å². The van der Waals surface area contributed by atoms with Gasteiger partial charge >= 0.3 is 5.97 Å². The van der Waals surface area contributed by atoms with Gasteiger partial charge in [0.25, 0.3) is 0 Å². The van der Waals surface area contributed by atoms with Crippen molar-refractivity contribution in [2.45, 2.75) is 25.3 Å². The third-order valence-corrected chi connectivity index (χ3v) is 1.29. The second-order valence-electron chi connectivity index (χ2n) is 2.23. The van der Waals surface area contributed by atoms with Crippen LogP contribution < -0.4 is 11.5 Å². The van der Waals surface area contributed by atoms with E-state index in [4.69, 9.17) is 21.4 Å². The zero-order chi connectivity index (χ0) is 9.98. The Morgan fingerprint density at radius 3 is 2.25 bits per heavy atom. The molecule has 5 heteroatoms. The molecule has 0 aromatic rings. The molecule has 12 heavy (non-hydrogen) atoms. The number of unbranched alkanes of at least 4 members (excludes halogenated alkanes) is 1. The zero-order valence-corrected chi connectivity index (χ0v) is 6.90. The quantitative estimate of drug-likeness (QED) is 0.376. The number of carbonyl (C=O) groups excluding carboxylic acids is 1. The fourth-order valence-corrected chi connectivity index (χ4v) is 0.632. The van der Waals surface area contributed by atoms with Gasteiger partial charge in [-0.1, -0.05) is 6.42 Å². The lowest BCUT2D eigenvalue weighted by molar-refractivity contribution is -0.138. The summed E-state index contributed by atoms with van der Waals surface area (Å²) in [4.78, 5) is 17.9. The van der Waals surface area contributed by atoms with Crippen LogP contribution in [0.5, 0.6) is 0 Å². The minimum atomic E-state index is -0.933. The first kappa shape index (κ1) is 13.6. The average Bonchev–Trinajstić information content (AvgIpc) is 2.08. The number of carboxylic acids is 1. The molecule has 0 aromatic carbocycles. The van der Waals surface area contributed by atoms with Gasteiger partial charge in [-0.25, -0.2) is 0 Å². The Morgan fingerprint density at radius 2 is 1.92 bits per heavy atom. The van der Waals surface area contributed by atoms with E-state index in [0.29, 0.717) is 13.0 Å². The van der Waals surface area contributed by atoms with Crippen molar-refractivity contribution in [1.82, 2.24) is 0 Å². The Balaban J connectivity index is 0. The standard InChI is InChI=1S/C6H14N2O2.CHO/c7-4-2-1-3-5(8)6(9)10;1-2/h5H,1-4,7-8H2,(H,9,10);1H/t5-;/m0./s1. The van der Waals surface area contributed by atoms with Crippen molar-refractivity contribution >= 4 is 12.8 Å². The molecular formula is C7H15N2O3. The van der Waals surface area contributed by atoms with Crippen molar-refractivity contribution in [1.29, 1.82) is 0 Å². The van der Waals surface area contributed by atoms with Gasteiger partial charge in [0.05, 0.1) is 0 Å². The van der Waals surface area contributed by atoms with Gasteiger partial charge < -0.3 is 16.6 Å². The molecule has 0 heterocycles. The summed E-state index contributed by atoms with van der Waals surface area (Å²) in [6, 6.07) is -0.716. The normalized spacial score (nSPS) is 11.2. The van der Waals surface area contributed by atoms with Crippen LogP contribution in [-0.4, -0.2) is 30.5 Å². The zero-order valence-electron chi connectivity index (χ0n) is 6.90. The topological polar surface area (TPSA) is 106 Å². The molecule has 5 N–H and O–H groups in total. The first-order valence-corrected chi connectivity index (χ1v) is 3.60. The summed E-state index contributed by atoms with van der Waals surface area (Å²) in [6.45, 7) is 3.85. The van der Waals surface area contributed by atoms with E-state index >= 15 is 0 Å². The van der Waals surface area contributed by atoms with Gasteiger partial charge in [-0.3, -0.25) is 9.59 Å². The number of nitrogens with two attached hydrogens (primary N) is 2. The van der Waals surface area contributed by atoms with Gasteiger partial charge in [-0.05, 0) is 19.4 Å². The van der Waals surface area contributed by atoms with Crippen LogP contribution in [0.4, 0.5) is 0 Å². The second kappa shape index (κ2) is 10.1. The molecule has 0 saturated heterocycles. The van der Waals surface area contributed by atoms with E-state index in [-0.39, 0.29) is 0 Å². The van der Waals surface area contributed by atoms with E-state index in [9.17, 15) is 4.79 Å². The monoisotopic (exact) mass is 175 g/mol. The Hall–Kier alpha value is -0.940. The fraction of sp³-hybridized carbons (Fsp3) is 0.714. The Kier molecular flexibility index (Phi) is 11.4. The van der Waals surface area contributed by atoms with Crippen LogP contribution in [0.3, 0.4) is 0 Å². The van der Waals surface area contributed by atoms with Crippen molar-refractivity contribution in [3.8, 4) is 0 Å². The molecule has 0 aromatic heterocycles. The molecule has 0 aliphatic carbocycles. The molecule has 71 valence electrons. The smallest absolute Gasteiger partial charge is 0.320 e. The highest BCUT2D eigenvalue weighted by atomic mass is 16.4. The largest absolute Gasteiger partial charge is 0.480 e. The highest BCUT2D eigenvalue weighted by Crippen LogP contribution is 1.96. The SMILES string of the molecule is NCCCC[C@H](N)C(=O)O.[CH]=O. The first-order chi connectivity index (χ1) is 5.68. The van der Waals surface area contributed by atoms with Crippen LogP contribution in [0.1, 0.15) is 19.3 Å². The summed E-state index contributed by atoms with van der Waals surface area (Å²) < 4.78 is 0. The molecular weight excluding hydrogens is 160 g/mol. The summed E-state index contributed by atoms with van der Waals surface area (Å²) in [6.07, 6.45) is 2.16. The Bertz CT molecular complexity index is 119. The predicted molar refractivity (Wildman–Crippen MR) is 45.3 cm³/mol. The van der Waals surface area contributed by atoms with Crippen LogP contribution >= 0.6 is 0 Å². The molecule has 0 fully saturated rings. The third-order valence-electron chi connectivity index (χ3n) is 1.29. The molecule has 0 amide bonds. The van der Waals surface area contributed by atoms with E-state index < -0.39 is 12.0 Å². The minimum absolute atomic E-state index is 0.520. The van der Waals surface area contributed by atoms with Gasteiger partial charge in [-0.2, -0.15) is 0 Å². The van der Waals surface area contributed by atoms with E-state index in [2.05, 4.69) is 6.79 Å². The molecule has 0 aliphatic rings. The van der Waals surface area contributed by atoms with Crippen molar-refractivity contribution in [3.05, 3.63) is 0 Å². The number of rotatable bonds is 5. The summed E-state index contributed by atoms with van der Waals surface area (Å²) in [5, 5.41) is 8.33. The van der Waals surface area contributed by atoms with E-state index in [1.807, 2.05) is 0 Å².